The highest BCUT2D eigenvalue weighted by Crippen LogP contribution is 1.92. The van der Waals surface area contributed by atoms with Gasteiger partial charge < -0.3 is 4.90 Å². The third-order valence-corrected chi connectivity index (χ3v) is 1.88. The van der Waals surface area contributed by atoms with Crippen LogP contribution in [-0.2, 0) is 4.79 Å². The number of hydrazine groups is 1. The molecule has 1 N–H and O–H groups in total. The monoisotopic (exact) mass is 187 g/mol. The van der Waals surface area contributed by atoms with Crippen LogP contribution in [-0.4, -0.2) is 49.5 Å². The van der Waals surface area contributed by atoms with Crippen molar-refractivity contribution in [2.24, 2.45) is 0 Å². The molecule has 78 valence electrons. The Bertz CT molecular complexity index is 144. The second-order valence-electron chi connectivity index (χ2n) is 3.12. The van der Waals surface area contributed by atoms with Gasteiger partial charge in [0.2, 0.25) is 5.91 Å². The summed E-state index contributed by atoms with van der Waals surface area (Å²) in [4.78, 5) is 13.3. The maximum Gasteiger partial charge on any atom is 0.223 e. The smallest absolute Gasteiger partial charge is 0.223 e. The molecule has 0 aliphatic rings. The lowest BCUT2D eigenvalue weighted by Gasteiger charge is -2.19. The zero-order chi connectivity index (χ0) is 10.3. The van der Waals surface area contributed by atoms with Gasteiger partial charge in [0, 0.05) is 40.2 Å². The van der Waals surface area contributed by atoms with Crippen LogP contribution in [0.3, 0.4) is 0 Å². The van der Waals surface area contributed by atoms with E-state index < -0.39 is 0 Å². The third kappa shape index (κ3) is 5.60. The third-order valence-electron chi connectivity index (χ3n) is 1.88. The lowest BCUT2D eigenvalue weighted by Crippen LogP contribution is -2.36. The van der Waals surface area contributed by atoms with Gasteiger partial charge in [0.05, 0.1) is 0 Å². The van der Waals surface area contributed by atoms with Crippen molar-refractivity contribution >= 4 is 5.91 Å². The second kappa shape index (κ2) is 6.86. The predicted octanol–water partition coefficient (Wildman–Crippen LogP) is 0.311. The van der Waals surface area contributed by atoms with E-state index in [0.717, 1.165) is 13.1 Å². The number of carbonyl (C=O) groups excluding carboxylic acids is 1. The van der Waals surface area contributed by atoms with E-state index in [1.54, 1.807) is 0 Å². The predicted molar refractivity (Wildman–Crippen MR) is 54.2 cm³/mol. The summed E-state index contributed by atoms with van der Waals surface area (Å²) in [6.07, 6.45) is 0.569. The minimum absolute atomic E-state index is 0.222. The van der Waals surface area contributed by atoms with Crippen molar-refractivity contribution in [2.75, 3.05) is 33.7 Å². The van der Waals surface area contributed by atoms with Crippen LogP contribution in [0.25, 0.3) is 0 Å². The average molecular weight is 187 g/mol. The molecule has 0 unspecified atom stereocenters. The Morgan fingerprint density at radius 2 is 1.77 bits per heavy atom. The molecular weight excluding hydrogens is 166 g/mol. The summed E-state index contributed by atoms with van der Waals surface area (Å²) in [5.74, 6) is 0.222. The first-order valence-electron chi connectivity index (χ1n) is 4.80. The first-order valence-corrected chi connectivity index (χ1v) is 4.80. The standard InChI is InChI=1S/C9H21N3O/c1-5-12(6-2)9(13)7-8-10-11(3)4/h10H,5-8H2,1-4H3. The number of rotatable bonds is 6. The van der Waals surface area contributed by atoms with Crippen molar-refractivity contribution in [1.29, 1.82) is 0 Å². The van der Waals surface area contributed by atoms with Crippen molar-refractivity contribution in [3.05, 3.63) is 0 Å². The molecule has 0 aromatic rings. The Kier molecular flexibility index (Phi) is 6.54. The van der Waals surface area contributed by atoms with E-state index in [-0.39, 0.29) is 5.91 Å². The minimum Gasteiger partial charge on any atom is -0.343 e. The van der Waals surface area contributed by atoms with Gasteiger partial charge >= 0.3 is 0 Å². The maximum absolute atomic E-state index is 11.5. The highest BCUT2D eigenvalue weighted by atomic mass is 16.2. The molecule has 4 nitrogen and oxygen atoms in total. The lowest BCUT2D eigenvalue weighted by atomic mass is 10.3. The normalized spacial score (nSPS) is 10.5. The number of carbonyl (C=O) groups is 1. The fourth-order valence-corrected chi connectivity index (χ4v) is 1.12. The highest BCUT2D eigenvalue weighted by Gasteiger charge is 2.07. The Morgan fingerprint density at radius 1 is 1.23 bits per heavy atom. The van der Waals surface area contributed by atoms with E-state index in [0.29, 0.717) is 13.0 Å². The summed E-state index contributed by atoms with van der Waals surface area (Å²) in [5, 5.41) is 1.86. The molecule has 0 atom stereocenters. The molecule has 0 aromatic heterocycles. The van der Waals surface area contributed by atoms with E-state index in [9.17, 15) is 4.79 Å². The Hall–Kier alpha value is -0.610. The molecule has 0 fully saturated rings. The van der Waals surface area contributed by atoms with Crippen molar-refractivity contribution in [3.8, 4) is 0 Å². The first-order chi connectivity index (χ1) is 6.11. The van der Waals surface area contributed by atoms with Crippen LogP contribution in [0.2, 0.25) is 0 Å². The molecule has 0 aliphatic carbocycles. The molecule has 0 aromatic carbocycles. The van der Waals surface area contributed by atoms with Crippen LogP contribution in [0.5, 0.6) is 0 Å². The maximum atomic E-state index is 11.5. The molecule has 0 aliphatic heterocycles. The van der Waals surface area contributed by atoms with Crippen LogP contribution in [0, 0.1) is 0 Å². The highest BCUT2D eigenvalue weighted by molar-refractivity contribution is 5.76. The van der Waals surface area contributed by atoms with Crippen LogP contribution in [0.1, 0.15) is 20.3 Å². The molecule has 4 heteroatoms. The summed E-state index contributed by atoms with van der Waals surface area (Å²) in [5.41, 5.74) is 3.07. The first kappa shape index (κ1) is 12.4. The molecule has 13 heavy (non-hydrogen) atoms. The van der Waals surface area contributed by atoms with Crippen molar-refractivity contribution in [1.82, 2.24) is 15.3 Å². The van der Waals surface area contributed by atoms with Gasteiger partial charge in [-0.1, -0.05) is 0 Å². The minimum atomic E-state index is 0.222. The summed E-state index contributed by atoms with van der Waals surface area (Å²) in [7, 11) is 3.84. The average Bonchev–Trinajstić information content (AvgIpc) is 2.05. The lowest BCUT2D eigenvalue weighted by molar-refractivity contribution is -0.130. The summed E-state index contributed by atoms with van der Waals surface area (Å²) >= 11 is 0. The second-order valence-corrected chi connectivity index (χ2v) is 3.12. The van der Waals surface area contributed by atoms with Gasteiger partial charge in [-0.15, -0.1) is 0 Å². The van der Waals surface area contributed by atoms with E-state index in [1.165, 1.54) is 0 Å². The number of hydrogen-bond donors (Lipinski definition) is 1. The number of nitrogens with zero attached hydrogens (tertiary/aromatic N) is 2. The van der Waals surface area contributed by atoms with Gasteiger partial charge in [0.25, 0.3) is 0 Å². The van der Waals surface area contributed by atoms with E-state index in [1.807, 2.05) is 37.9 Å². The number of hydrogen-bond acceptors (Lipinski definition) is 3. The van der Waals surface area contributed by atoms with Gasteiger partial charge in [-0.05, 0) is 13.8 Å². The molecule has 0 heterocycles. The van der Waals surface area contributed by atoms with Crippen molar-refractivity contribution in [2.45, 2.75) is 20.3 Å². The van der Waals surface area contributed by atoms with Crippen LogP contribution in [0.4, 0.5) is 0 Å². The SMILES string of the molecule is CCN(CC)C(=O)CCNN(C)C. The van der Waals surface area contributed by atoms with Gasteiger partial charge in [0.15, 0.2) is 0 Å². The van der Waals surface area contributed by atoms with Gasteiger partial charge in [-0.3, -0.25) is 15.2 Å². The fourth-order valence-electron chi connectivity index (χ4n) is 1.12. The van der Waals surface area contributed by atoms with E-state index >= 15 is 0 Å². The van der Waals surface area contributed by atoms with Gasteiger partial charge in [-0.25, -0.2) is 0 Å². The largest absolute Gasteiger partial charge is 0.343 e. The zero-order valence-corrected chi connectivity index (χ0v) is 9.13. The van der Waals surface area contributed by atoms with Crippen LogP contribution in [0.15, 0.2) is 0 Å². The zero-order valence-electron chi connectivity index (χ0n) is 9.13. The fraction of sp³-hybridized carbons (Fsp3) is 0.889. The summed E-state index contributed by atoms with van der Waals surface area (Å²) in [6.45, 7) is 6.32. The molecule has 0 spiro atoms. The van der Waals surface area contributed by atoms with Crippen molar-refractivity contribution < 1.29 is 4.79 Å². The van der Waals surface area contributed by atoms with Crippen LogP contribution < -0.4 is 5.43 Å². The number of amides is 1. The summed E-state index contributed by atoms with van der Waals surface area (Å²) in [6, 6.07) is 0. The Morgan fingerprint density at radius 3 is 2.15 bits per heavy atom. The van der Waals surface area contributed by atoms with E-state index in [2.05, 4.69) is 5.43 Å². The van der Waals surface area contributed by atoms with Crippen molar-refractivity contribution in [3.63, 3.8) is 0 Å². The van der Waals surface area contributed by atoms with E-state index in [4.69, 9.17) is 0 Å². The molecule has 0 bridgehead atoms. The Labute approximate surface area is 80.9 Å². The van der Waals surface area contributed by atoms with Crippen LogP contribution >= 0.6 is 0 Å². The molecule has 0 saturated heterocycles. The molecular formula is C9H21N3O. The molecule has 0 rings (SSSR count). The molecule has 1 amide bonds. The molecule has 0 saturated carbocycles. The number of nitrogens with one attached hydrogen (secondary N) is 1. The molecule has 0 radical (unpaired) electrons. The van der Waals surface area contributed by atoms with Gasteiger partial charge in [-0.2, -0.15) is 0 Å². The Balaban J connectivity index is 3.60. The van der Waals surface area contributed by atoms with Gasteiger partial charge in [0.1, 0.15) is 0 Å². The summed E-state index contributed by atoms with van der Waals surface area (Å²) < 4.78 is 0. The topological polar surface area (TPSA) is 35.6 Å². The quantitative estimate of drug-likeness (QED) is 0.608.